The average Bonchev–Trinajstić information content (AvgIpc) is 3.35. The molecule has 2 saturated carbocycles. The topological polar surface area (TPSA) is 70.2 Å². The number of nitrogens with one attached hydrogen (secondary N) is 2. The highest BCUT2D eigenvalue weighted by atomic mass is 32.2. The van der Waals surface area contributed by atoms with Crippen LogP contribution in [-0.4, -0.2) is 40.3 Å². The highest BCUT2D eigenvalue weighted by Gasteiger charge is 2.44. The Labute approximate surface area is 206 Å². The minimum atomic E-state index is 0.212. The van der Waals surface area contributed by atoms with Crippen molar-refractivity contribution in [1.29, 1.82) is 0 Å². The molecule has 1 aromatic carbocycles. The minimum Gasteiger partial charge on any atom is -0.324 e. The Balaban J connectivity index is 1.14. The summed E-state index contributed by atoms with van der Waals surface area (Å²) in [6, 6.07) is 6.95. The average molecular weight is 478 g/mol. The van der Waals surface area contributed by atoms with E-state index < -0.39 is 0 Å². The molecule has 3 fully saturated rings. The number of rotatable bonds is 5. The first-order chi connectivity index (χ1) is 16.6. The predicted molar refractivity (Wildman–Crippen MR) is 138 cm³/mol. The number of hydrogen-bond donors (Lipinski definition) is 2. The first-order valence-corrected chi connectivity index (χ1v) is 13.9. The molecule has 0 unspecified atom stereocenters. The van der Waals surface area contributed by atoms with Gasteiger partial charge in [-0.2, -0.15) is 4.98 Å². The molecule has 1 saturated heterocycles. The molecule has 180 valence electrons. The minimum absolute atomic E-state index is 0.212. The van der Waals surface area contributed by atoms with E-state index in [1.165, 1.54) is 62.1 Å². The quantitative estimate of drug-likeness (QED) is 0.603. The molecule has 2 aliphatic heterocycles. The van der Waals surface area contributed by atoms with E-state index in [1.54, 1.807) is 0 Å². The third-order valence-corrected chi connectivity index (χ3v) is 9.56. The Morgan fingerprint density at radius 3 is 2.71 bits per heavy atom. The second-order valence-electron chi connectivity index (χ2n) is 10.7. The Kier molecular flexibility index (Phi) is 6.02. The van der Waals surface area contributed by atoms with Gasteiger partial charge >= 0.3 is 0 Å². The zero-order valence-corrected chi connectivity index (χ0v) is 20.9. The number of thioether (sulfide) groups is 1. The van der Waals surface area contributed by atoms with E-state index in [4.69, 9.17) is 4.98 Å². The number of benzene rings is 1. The second-order valence-corrected chi connectivity index (χ2v) is 12.1. The van der Waals surface area contributed by atoms with Gasteiger partial charge in [-0.3, -0.25) is 9.69 Å². The molecular weight excluding hydrogens is 442 g/mol. The van der Waals surface area contributed by atoms with Crippen LogP contribution in [0.3, 0.4) is 0 Å². The fourth-order valence-electron chi connectivity index (χ4n) is 6.38. The second kappa shape index (κ2) is 9.15. The van der Waals surface area contributed by atoms with Crippen molar-refractivity contribution in [3.8, 4) is 0 Å². The fraction of sp³-hybridized carbons (Fsp3) is 0.593. The van der Waals surface area contributed by atoms with Crippen LogP contribution in [0.4, 0.5) is 17.5 Å². The Bertz CT molecular complexity index is 1070. The van der Waals surface area contributed by atoms with E-state index in [-0.39, 0.29) is 5.91 Å². The van der Waals surface area contributed by atoms with Gasteiger partial charge in [-0.1, -0.05) is 12.8 Å². The molecule has 34 heavy (non-hydrogen) atoms. The molecule has 4 aliphatic rings. The van der Waals surface area contributed by atoms with Crippen molar-refractivity contribution in [2.24, 2.45) is 5.41 Å². The van der Waals surface area contributed by atoms with Gasteiger partial charge in [0.25, 0.3) is 0 Å². The monoisotopic (exact) mass is 477 g/mol. The summed E-state index contributed by atoms with van der Waals surface area (Å²) in [4.78, 5) is 25.5. The molecule has 0 atom stereocenters. The van der Waals surface area contributed by atoms with Crippen LogP contribution in [0.25, 0.3) is 0 Å². The fourth-order valence-corrected chi connectivity index (χ4v) is 8.03. The van der Waals surface area contributed by atoms with Crippen LogP contribution in [0.15, 0.2) is 29.3 Å². The Hall–Kier alpha value is -2.12. The van der Waals surface area contributed by atoms with Crippen LogP contribution in [0.1, 0.15) is 68.9 Å². The lowest BCUT2D eigenvalue weighted by Crippen LogP contribution is -2.46. The van der Waals surface area contributed by atoms with Gasteiger partial charge < -0.3 is 10.6 Å². The SMILES string of the molecule is Cc1cc(SC2CC3(CCNCC3)C2)ccc1Nc1ncc2c(n1)N(C1CCCC1)C(=O)CC2. The van der Waals surface area contributed by atoms with E-state index in [0.717, 1.165) is 41.6 Å². The smallest absolute Gasteiger partial charge is 0.229 e. The van der Waals surface area contributed by atoms with E-state index in [1.807, 2.05) is 22.9 Å². The summed E-state index contributed by atoms with van der Waals surface area (Å²) < 4.78 is 0. The predicted octanol–water partition coefficient (Wildman–Crippen LogP) is 5.37. The van der Waals surface area contributed by atoms with E-state index in [9.17, 15) is 4.79 Å². The number of aryl methyl sites for hydroxylation is 2. The number of aromatic nitrogens is 2. The molecule has 2 N–H and O–H groups in total. The zero-order valence-electron chi connectivity index (χ0n) is 20.1. The van der Waals surface area contributed by atoms with Gasteiger partial charge in [-0.25, -0.2) is 4.98 Å². The highest BCUT2D eigenvalue weighted by Crippen LogP contribution is 2.54. The third-order valence-electron chi connectivity index (χ3n) is 8.37. The van der Waals surface area contributed by atoms with Gasteiger partial charge in [-0.05, 0) is 94.1 Å². The van der Waals surface area contributed by atoms with Crippen molar-refractivity contribution in [2.75, 3.05) is 23.3 Å². The van der Waals surface area contributed by atoms with Gasteiger partial charge in [-0.15, -0.1) is 11.8 Å². The largest absolute Gasteiger partial charge is 0.324 e. The van der Waals surface area contributed by atoms with Gasteiger partial charge in [0.1, 0.15) is 5.82 Å². The first kappa shape index (κ1) is 22.4. The molecule has 0 radical (unpaired) electrons. The zero-order chi connectivity index (χ0) is 23.1. The molecule has 0 bridgehead atoms. The summed E-state index contributed by atoms with van der Waals surface area (Å²) in [5.41, 5.74) is 3.94. The van der Waals surface area contributed by atoms with E-state index in [2.05, 4.69) is 40.7 Å². The maximum Gasteiger partial charge on any atom is 0.229 e. The van der Waals surface area contributed by atoms with Gasteiger partial charge in [0, 0.05) is 40.1 Å². The summed E-state index contributed by atoms with van der Waals surface area (Å²) in [5, 5.41) is 7.67. The lowest BCUT2D eigenvalue weighted by atomic mass is 9.63. The van der Waals surface area contributed by atoms with Crippen molar-refractivity contribution in [1.82, 2.24) is 15.3 Å². The molecule has 6 rings (SSSR count). The van der Waals surface area contributed by atoms with Gasteiger partial charge in [0.05, 0.1) is 0 Å². The summed E-state index contributed by atoms with van der Waals surface area (Å²) >= 11 is 2.04. The number of amides is 1. The molecule has 1 amide bonds. The molecule has 3 heterocycles. The van der Waals surface area contributed by atoms with Crippen LogP contribution in [0.2, 0.25) is 0 Å². The van der Waals surface area contributed by atoms with Crippen LogP contribution in [0.5, 0.6) is 0 Å². The molecule has 6 nitrogen and oxygen atoms in total. The van der Waals surface area contributed by atoms with Crippen molar-refractivity contribution in [3.63, 3.8) is 0 Å². The highest BCUT2D eigenvalue weighted by molar-refractivity contribution is 8.00. The Morgan fingerprint density at radius 2 is 1.94 bits per heavy atom. The van der Waals surface area contributed by atoms with Gasteiger partial charge in [0.15, 0.2) is 0 Å². The van der Waals surface area contributed by atoms with E-state index in [0.29, 0.717) is 23.8 Å². The van der Waals surface area contributed by atoms with Crippen molar-refractivity contribution in [2.45, 2.75) is 87.3 Å². The molecule has 2 aliphatic carbocycles. The Morgan fingerprint density at radius 1 is 1.15 bits per heavy atom. The number of hydrogen-bond acceptors (Lipinski definition) is 6. The number of anilines is 3. The number of carbonyl (C=O) groups is 1. The lowest BCUT2D eigenvalue weighted by Gasteiger charge is -2.50. The molecular formula is C27H35N5OS. The first-order valence-electron chi connectivity index (χ1n) is 13.0. The number of carbonyl (C=O) groups excluding carboxylic acids is 1. The van der Waals surface area contributed by atoms with Crippen LogP contribution < -0.4 is 15.5 Å². The van der Waals surface area contributed by atoms with Gasteiger partial charge in [0.2, 0.25) is 11.9 Å². The van der Waals surface area contributed by atoms with Crippen molar-refractivity contribution < 1.29 is 4.79 Å². The summed E-state index contributed by atoms with van der Waals surface area (Å²) in [5.74, 6) is 1.61. The van der Waals surface area contributed by atoms with Crippen molar-refractivity contribution >= 4 is 35.1 Å². The maximum atomic E-state index is 12.8. The van der Waals surface area contributed by atoms with Crippen LogP contribution >= 0.6 is 11.8 Å². The van der Waals surface area contributed by atoms with Crippen LogP contribution in [0, 0.1) is 12.3 Å². The summed E-state index contributed by atoms with van der Waals surface area (Å²) in [6.45, 7) is 4.52. The third kappa shape index (κ3) is 4.33. The normalized spacial score (nSPS) is 22.6. The molecule has 7 heteroatoms. The standard InChI is InChI=1S/C27H35N5OS/c1-18-14-21(34-22-15-27(16-22)10-12-28-13-11-27)7-8-23(18)30-26-29-17-19-6-9-24(33)32(25(19)31-26)20-4-2-3-5-20/h7-8,14,17,20,22,28H,2-6,9-13,15-16H2,1H3,(H,29,30,31). The molecule has 1 aromatic heterocycles. The molecule has 2 aromatic rings. The summed E-state index contributed by atoms with van der Waals surface area (Å²) in [7, 11) is 0. The number of piperidine rings is 1. The van der Waals surface area contributed by atoms with Crippen molar-refractivity contribution in [3.05, 3.63) is 35.5 Å². The summed E-state index contributed by atoms with van der Waals surface area (Å²) in [6.07, 6.45) is 13.2. The molecule has 1 spiro atoms. The lowest BCUT2D eigenvalue weighted by molar-refractivity contribution is -0.119. The number of nitrogens with zero attached hydrogens (tertiary/aromatic N) is 3. The number of fused-ring (bicyclic) bond motifs is 1. The van der Waals surface area contributed by atoms with E-state index >= 15 is 0 Å². The van der Waals surface area contributed by atoms with Crippen LogP contribution in [-0.2, 0) is 11.2 Å². The maximum absolute atomic E-state index is 12.8.